The fourth-order valence-electron chi connectivity index (χ4n) is 5.27. The lowest BCUT2D eigenvalue weighted by Gasteiger charge is -2.32. The molecular weight excluding hydrogens is 452 g/mol. The predicted octanol–water partition coefficient (Wildman–Crippen LogP) is 4.31. The highest BCUT2D eigenvalue weighted by Gasteiger charge is 2.29. The molecule has 0 unspecified atom stereocenters. The molecule has 0 aliphatic carbocycles. The second-order valence-corrected chi connectivity index (χ2v) is 9.51. The van der Waals surface area contributed by atoms with E-state index >= 15 is 0 Å². The molecule has 0 radical (unpaired) electrons. The van der Waals surface area contributed by atoms with Gasteiger partial charge >= 0.3 is 5.69 Å². The first-order valence-electron chi connectivity index (χ1n) is 12.3. The Kier molecular flexibility index (Phi) is 5.36. The molecule has 1 saturated heterocycles. The van der Waals surface area contributed by atoms with E-state index in [0.29, 0.717) is 18.8 Å². The van der Waals surface area contributed by atoms with Gasteiger partial charge in [0.25, 0.3) is 5.91 Å². The topological polar surface area (TPSA) is 80.8 Å². The van der Waals surface area contributed by atoms with Crippen molar-refractivity contribution in [3.63, 3.8) is 0 Å². The number of carbonyl (C=O) groups excluding carboxylic acids is 1. The predicted molar refractivity (Wildman–Crippen MR) is 139 cm³/mol. The second kappa shape index (κ2) is 8.71. The molecule has 182 valence electrons. The Morgan fingerprint density at radius 3 is 2.56 bits per heavy atom. The molecule has 8 heteroatoms. The van der Waals surface area contributed by atoms with Crippen LogP contribution in [-0.2, 0) is 7.05 Å². The first-order chi connectivity index (χ1) is 17.5. The lowest BCUT2D eigenvalue weighted by atomic mass is 10.0. The van der Waals surface area contributed by atoms with Crippen LogP contribution in [0.4, 0.5) is 0 Å². The van der Waals surface area contributed by atoms with Gasteiger partial charge in [0.2, 0.25) is 0 Å². The molecule has 2 aromatic carbocycles. The standard InChI is InChI=1S/C28H28N6O2/c1-19-7-5-8-21(17-19)34-26(18-23(30-34)24-11-6-14-31(24)2)27(35)32-15-12-20(13-16-32)33-25-10-4-3-9-22(25)29-28(33)36/h3-11,14,17-18,20H,12-13,15-16H2,1-2H3,(H,29,36). The molecule has 3 aromatic heterocycles. The summed E-state index contributed by atoms with van der Waals surface area (Å²) in [5.74, 6) is -0.0470. The van der Waals surface area contributed by atoms with Crippen molar-refractivity contribution in [3.8, 4) is 17.1 Å². The molecule has 0 atom stereocenters. The van der Waals surface area contributed by atoms with E-state index in [9.17, 15) is 9.59 Å². The maximum absolute atomic E-state index is 13.8. The number of imidazole rings is 1. The van der Waals surface area contributed by atoms with Gasteiger partial charge in [-0.15, -0.1) is 0 Å². The van der Waals surface area contributed by atoms with Crippen LogP contribution in [0.15, 0.2) is 77.7 Å². The monoisotopic (exact) mass is 480 g/mol. The zero-order valence-corrected chi connectivity index (χ0v) is 20.4. The summed E-state index contributed by atoms with van der Waals surface area (Å²) in [6.07, 6.45) is 3.41. The van der Waals surface area contributed by atoms with Crippen LogP contribution in [0.3, 0.4) is 0 Å². The molecule has 1 aliphatic heterocycles. The van der Waals surface area contributed by atoms with Crippen LogP contribution in [0.2, 0.25) is 0 Å². The third-order valence-electron chi connectivity index (χ3n) is 7.12. The summed E-state index contributed by atoms with van der Waals surface area (Å²) in [7, 11) is 1.97. The van der Waals surface area contributed by atoms with Gasteiger partial charge in [0.1, 0.15) is 11.4 Å². The van der Waals surface area contributed by atoms with Gasteiger partial charge in [0, 0.05) is 32.4 Å². The molecule has 4 heterocycles. The summed E-state index contributed by atoms with van der Waals surface area (Å²) in [4.78, 5) is 31.3. The van der Waals surface area contributed by atoms with E-state index < -0.39 is 0 Å². The Morgan fingerprint density at radius 1 is 1.00 bits per heavy atom. The molecule has 0 bridgehead atoms. The molecule has 0 spiro atoms. The summed E-state index contributed by atoms with van der Waals surface area (Å²) < 4.78 is 5.61. The highest BCUT2D eigenvalue weighted by atomic mass is 16.2. The molecule has 1 aliphatic rings. The molecule has 5 aromatic rings. The lowest BCUT2D eigenvalue weighted by Crippen LogP contribution is -2.41. The first kappa shape index (κ1) is 22.2. The van der Waals surface area contributed by atoms with Crippen LogP contribution in [-0.4, -0.2) is 47.8 Å². The average molecular weight is 481 g/mol. The van der Waals surface area contributed by atoms with Gasteiger partial charge in [-0.2, -0.15) is 5.10 Å². The zero-order chi connectivity index (χ0) is 24.8. The smallest absolute Gasteiger partial charge is 0.326 e. The largest absolute Gasteiger partial charge is 0.349 e. The number of hydrogen-bond donors (Lipinski definition) is 1. The number of rotatable bonds is 4. The number of para-hydroxylation sites is 2. The van der Waals surface area contributed by atoms with Crippen molar-refractivity contribution in [2.24, 2.45) is 7.05 Å². The number of benzene rings is 2. The van der Waals surface area contributed by atoms with Gasteiger partial charge in [-0.3, -0.25) is 9.36 Å². The Labute approximate surface area is 208 Å². The Hall–Kier alpha value is -4.33. The fourth-order valence-corrected chi connectivity index (χ4v) is 5.27. The molecule has 0 saturated carbocycles. The molecule has 36 heavy (non-hydrogen) atoms. The maximum atomic E-state index is 13.8. The van der Waals surface area contributed by atoms with Gasteiger partial charge in [-0.05, 0) is 67.8 Å². The number of aromatic amines is 1. The molecule has 1 amide bonds. The number of aryl methyl sites for hydroxylation is 2. The Morgan fingerprint density at radius 2 is 1.81 bits per heavy atom. The van der Waals surface area contributed by atoms with Crippen molar-refractivity contribution in [1.29, 1.82) is 0 Å². The second-order valence-electron chi connectivity index (χ2n) is 9.51. The van der Waals surface area contributed by atoms with Crippen LogP contribution in [0, 0.1) is 6.92 Å². The number of likely N-dealkylation sites (tertiary alicyclic amines) is 1. The van der Waals surface area contributed by atoms with Gasteiger partial charge < -0.3 is 14.5 Å². The van der Waals surface area contributed by atoms with Crippen LogP contribution < -0.4 is 5.69 Å². The third kappa shape index (κ3) is 3.75. The number of carbonyl (C=O) groups is 1. The zero-order valence-electron chi connectivity index (χ0n) is 20.4. The summed E-state index contributed by atoms with van der Waals surface area (Å²) in [5, 5.41) is 4.84. The van der Waals surface area contributed by atoms with Crippen molar-refractivity contribution < 1.29 is 4.79 Å². The van der Waals surface area contributed by atoms with Gasteiger partial charge in [-0.25, -0.2) is 9.48 Å². The summed E-state index contributed by atoms with van der Waals surface area (Å²) in [6, 6.07) is 21.7. The summed E-state index contributed by atoms with van der Waals surface area (Å²) in [5.41, 5.74) is 5.88. The minimum atomic E-state index is -0.0919. The van der Waals surface area contributed by atoms with Crippen molar-refractivity contribution in [1.82, 2.24) is 28.8 Å². The number of hydrogen-bond acceptors (Lipinski definition) is 3. The quantitative estimate of drug-likeness (QED) is 0.416. The molecule has 1 fully saturated rings. The highest BCUT2D eigenvalue weighted by molar-refractivity contribution is 5.94. The number of nitrogens with zero attached hydrogens (tertiary/aromatic N) is 5. The van der Waals surface area contributed by atoms with E-state index in [2.05, 4.69) is 4.98 Å². The van der Waals surface area contributed by atoms with E-state index in [1.54, 1.807) is 4.68 Å². The van der Waals surface area contributed by atoms with Crippen LogP contribution in [0.1, 0.15) is 34.9 Å². The number of piperidine rings is 1. The normalized spacial score (nSPS) is 14.6. The lowest BCUT2D eigenvalue weighted by molar-refractivity contribution is 0.0685. The van der Waals surface area contributed by atoms with E-state index in [-0.39, 0.29) is 17.6 Å². The van der Waals surface area contributed by atoms with Crippen molar-refractivity contribution in [3.05, 3.63) is 94.7 Å². The molecular formula is C28H28N6O2. The highest BCUT2D eigenvalue weighted by Crippen LogP contribution is 2.28. The van der Waals surface area contributed by atoms with Crippen LogP contribution in [0.25, 0.3) is 28.1 Å². The van der Waals surface area contributed by atoms with Crippen molar-refractivity contribution in [2.45, 2.75) is 25.8 Å². The number of aromatic nitrogens is 5. The fraction of sp³-hybridized carbons (Fsp3) is 0.250. The third-order valence-corrected chi connectivity index (χ3v) is 7.12. The number of nitrogens with one attached hydrogen (secondary N) is 1. The van der Waals surface area contributed by atoms with Crippen molar-refractivity contribution >= 4 is 16.9 Å². The Bertz CT molecular complexity index is 1630. The summed E-state index contributed by atoms with van der Waals surface area (Å²) >= 11 is 0. The van der Waals surface area contributed by atoms with Gasteiger partial charge in [-0.1, -0.05) is 24.3 Å². The SMILES string of the molecule is Cc1cccc(-n2nc(-c3cccn3C)cc2C(=O)N2CCC(n3c(=O)[nH]c4ccccc43)CC2)c1. The van der Waals surface area contributed by atoms with E-state index in [0.717, 1.165) is 46.5 Å². The van der Waals surface area contributed by atoms with E-state index in [1.807, 2.05) is 101 Å². The minimum absolute atomic E-state index is 0.0470. The average Bonchev–Trinajstić information content (AvgIpc) is 3.59. The molecule has 8 nitrogen and oxygen atoms in total. The van der Waals surface area contributed by atoms with Crippen LogP contribution in [0.5, 0.6) is 0 Å². The van der Waals surface area contributed by atoms with Crippen LogP contribution >= 0.6 is 0 Å². The van der Waals surface area contributed by atoms with Gasteiger partial charge in [0.05, 0.1) is 22.4 Å². The number of H-pyrrole nitrogens is 1. The van der Waals surface area contributed by atoms with E-state index in [4.69, 9.17) is 5.10 Å². The van der Waals surface area contributed by atoms with Crippen molar-refractivity contribution in [2.75, 3.05) is 13.1 Å². The summed E-state index contributed by atoms with van der Waals surface area (Å²) in [6.45, 7) is 3.19. The maximum Gasteiger partial charge on any atom is 0.326 e. The van der Waals surface area contributed by atoms with E-state index in [1.165, 1.54) is 0 Å². The first-order valence-corrected chi connectivity index (χ1v) is 12.3. The van der Waals surface area contributed by atoms with Gasteiger partial charge in [0.15, 0.2) is 0 Å². The molecule has 1 N–H and O–H groups in total. The molecule has 6 rings (SSSR count). The Balaban J connectivity index is 1.30. The number of amides is 1. The number of fused-ring (bicyclic) bond motifs is 1. The minimum Gasteiger partial charge on any atom is -0.349 e.